The molecule has 1 N–H and O–H groups in total. The van der Waals surface area contributed by atoms with Crippen LogP contribution in [0.3, 0.4) is 0 Å². The van der Waals surface area contributed by atoms with Crippen LogP contribution in [0.25, 0.3) is 11.1 Å². The number of carboxylic acid groups (broad SMARTS) is 1. The number of aliphatic carboxylic acids is 1. The average Bonchev–Trinajstić information content (AvgIpc) is 2.56. The van der Waals surface area contributed by atoms with Crippen LogP contribution in [0.1, 0.15) is 32.1 Å². The number of hydrogen-bond acceptors (Lipinski definition) is 4. The first kappa shape index (κ1) is 16.8. The zero-order valence-corrected chi connectivity index (χ0v) is 14.3. The number of rotatable bonds is 8. The zero-order chi connectivity index (χ0) is 16.8. The van der Waals surface area contributed by atoms with Gasteiger partial charge in [-0.15, -0.1) is 11.8 Å². The molecule has 1 aromatic heterocycles. The number of ether oxygens (including phenoxy) is 1. The summed E-state index contributed by atoms with van der Waals surface area (Å²) in [5, 5.41) is 8.66. The van der Waals surface area contributed by atoms with Crippen LogP contribution in [0.4, 0.5) is 0 Å². The number of aromatic nitrogens is 1. The van der Waals surface area contributed by atoms with E-state index < -0.39 is 5.97 Å². The highest BCUT2D eigenvalue weighted by molar-refractivity contribution is 7.99. The first-order valence-electron chi connectivity index (χ1n) is 8.29. The molecule has 5 heteroatoms. The minimum absolute atomic E-state index is 0.225. The predicted octanol–water partition coefficient (Wildman–Crippen LogP) is 4.64. The molecule has 0 unspecified atom stereocenters. The van der Waals surface area contributed by atoms with Crippen LogP contribution in [0.5, 0.6) is 5.88 Å². The molecule has 0 aliphatic heterocycles. The van der Waals surface area contributed by atoms with E-state index in [0.717, 1.165) is 34.6 Å². The molecule has 24 heavy (non-hydrogen) atoms. The van der Waals surface area contributed by atoms with Gasteiger partial charge in [0.1, 0.15) is 6.10 Å². The largest absolute Gasteiger partial charge is 0.481 e. The van der Waals surface area contributed by atoms with E-state index in [9.17, 15) is 4.79 Å². The van der Waals surface area contributed by atoms with E-state index >= 15 is 0 Å². The van der Waals surface area contributed by atoms with Crippen molar-refractivity contribution in [2.45, 2.75) is 43.1 Å². The molecule has 1 fully saturated rings. The molecular formula is C19H21NO3S. The molecule has 4 nitrogen and oxygen atoms in total. The van der Waals surface area contributed by atoms with Gasteiger partial charge in [0.05, 0.1) is 0 Å². The van der Waals surface area contributed by atoms with Crippen molar-refractivity contribution in [1.82, 2.24) is 4.98 Å². The Balaban J connectivity index is 1.63. The first-order chi connectivity index (χ1) is 11.7. The molecule has 0 bridgehead atoms. The highest BCUT2D eigenvalue weighted by Gasteiger charge is 2.21. The van der Waals surface area contributed by atoms with Gasteiger partial charge in [-0.3, -0.25) is 4.79 Å². The zero-order valence-electron chi connectivity index (χ0n) is 13.5. The molecule has 0 amide bonds. The maximum atomic E-state index is 10.5. The number of nitrogens with zero attached hydrogens (tertiary/aromatic N) is 1. The number of pyridine rings is 1. The monoisotopic (exact) mass is 343 g/mol. The number of carbonyl (C=O) groups is 1. The SMILES string of the molecule is O=C(O)CCCSc1ccc(-c2cccnc2OC2CCC2)cc1. The van der Waals surface area contributed by atoms with Gasteiger partial charge in [0, 0.05) is 23.1 Å². The summed E-state index contributed by atoms with van der Waals surface area (Å²) in [4.78, 5) is 16.1. The van der Waals surface area contributed by atoms with Gasteiger partial charge in [-0.1, -0.05) is 12.1 Å². The summed E-state index contributed by atoms with van der Waals surface area (Å²) < 4.78 is 6.00. The van der Waals surface area contributed by atoms with Crippen LogP contribution in [-0.2, 0) is 4.79 Å². The maximum Gasteiger partial charge on any atom is 0.303 e. The normalized spacial score (nSPS) is 14.2. The lowest BCUT2D eigenvalue weighted by Gasteiger charge is -2.26. The van der Waals surface area contributed by atoms with Crippen molar-refractivity contribution in [3.05, 3.63) is 42.6 Å². The molecule has 3 rings (SSSR count). The second kappa shape index (κ2) is 8.20. The van der Waals surface area contributed by atoms with Gasteiger partial charge >= 0.3 is 5.97 Å². The van der Waals surface area contributed by atoms with Crippen LogP contribution >= 0.6 is 11.8 Å². The van der Waals surface area contributed by atoms with Crippen molar-refractivity contribution in [2.75, 3.05) is 5.75 Å². The Bertz CT molecular complexity index is 683. The molecule has 1 heterocycles. The Morgan fingerprint density at radius 3 is 2.71 bits per heavy atom. The molecule has 1 aliphatic carbocycles. The molecule has 0 atom stereocenters. The number of thioether (sulfide) groups is 1. The summed E-state index contributed by atoms with van der Waals surface area (Å²) in [5.74, 6) is 0.791. The molecule has 2 aromatic rings. The Kier molecular flexibility index (Phi) is 5.75. The minimum Gasteiger partial charge on any atom is -0.481 e. The van der Waals surface area contributed by atoms with Crippen molar-refractivity contribution in [2.24, 2.45) is 0 Å². The number of carboxylic acids is 1. The van der Waals surface area contributed by atoms with E-state index in [1.54, 1.807) is 18.0 Å². The van der Waals surface area contributed by atoms with Crippen molar-refractivity contribution in [3.63, 3.8) is 0 Å². The number of benzene rings is 1. The predicted molar refractivity (Wildman–Crippen MR) is 95.5 cm³/mol. The van der Waals surface area contributed by atoms with Gasteiger partial charge in [0.2, 0.25) is 5.88 Å². The van der Waals surface area contributed by atoms with Gasteiger partial charge in [-0.25, -0.2) is 4.98 Å². The fraction of sp³-hybridized carbons (Fsp3) is 0.368. The summed E-state index contributed by atoms with van der Waals surface area (Å²) in [6.45, 7) is 0. The van der Waals surface area contributed by atoms with E-state index in [4.69, 9.17) is 9.84 Å². The highest BCUT2D eigenvalue weighted by Crippen LogP contribution is 2.33. The van der Waals surface area contributed by atoms with Gasteiger partial charge in [-0.05, 0) is 61.3 Å². The van der Waals surface area contributed by atoms with Crippen LogP contribution in [-0.4, -0.2) is 27.9 Å². The summed E-state index contributed by atoms with van der Waals surface area (Å²) in [7, 11) is 0. The molecule has 0 spiro atoms. The number of hydrogen-bond donors (Lipinski definition) is 1. The Labute approximate surface area is 146 Å². The molecular weight excluding hydrogens is 322 g/mol. The van der Waals surface area contributed by atoms with E-state index in [-0.39, 0.29) is 6.42 Å². The lowest BCUT2D eigenvalue weighted by atomic mass is 9.96. The summed E-state index contributed by atoms with van der Waals surface area (Å²) in [6.07, 6.45) is 6.45. The summed E-state index contributed by atoms with van der Waals surface area (Å²) in [5.41, 5.74) is 2.11. The van der Waals surface area contributed by atoms with Crippen LogP contribution < -0.4 is 4.74 Å². The van der Waals surface area contributed by atoms with Gasteiger partial charge in [0.15, 0.2) is 0 Å². The average molecular weight is 343 g/mol. The van der Waals surface area contributed by atoms with E-state index in [2.05, 4.69) is 29.2 Å². The van der Waals surface area contributed by atoms with Crippen LogP contribution in [0.2, 0.25) is 0 Å². The Morgan fingerprint density at radius 1 is 1.25 bits per heavy atom. The van der Waals surface area contributed by atoms with Gasteiger partial charge in [0.25, 0.3) is 0 Å². The van der Waals surface area contributed by atoms with Gasteiger partial charge < -0.3 is 9.84 Å². The highest BCUT2D eigenvalue weighted by atomic mass is 32.2. The molecule has 0 saturated heterocycles. The topological polar surface area (TPSA) is 59.4 Å². The second-order valence-corrected chi connectivity index (χ2v) is 7.07. The summed E-state index contributed by atoms with van der Waals surface area (Å²) in [6, 6.07) is 12.3. The molecule has 1 aliphatic rings. The fourth-order valence-corrected chi connectivity index (χ4v) is 3.35. The lowest BCUT2D eigenvalue weighted by molar-refractivity contribution is -0.137. The summed E-state index contributed by atoms with van der Waals surface area (Å²) >= 11 is 1.68. The maximum absolute atomic E-state index is 10.5. The molecule has 0 radical (unpaired) electrons. The first-order valence-corrected chi connectivity index (χ1v) is 9.27. The van der Waals surface area contributed by atoms with Crippen molar-refractivity contribution < 1.29 is 14.6 Å². The van der Waals surface area contributed by atoms with E-state index in [1.165, 1.54) is 6.42 Å². The molecule has 1 saturated carbocycles. The fourth-order valence-electron chi connectivity index (χ4n) is 2.50. The smallest absolute Gasteiger partial charge is 0.303 e. The molecule has 126 valence electrons. The molecule has 1 aromatic carbocycles. The minimum atomic E-state index is -0.735. The van der Waals surface area contributed by atoms with Crippen molar-refractivity contribution in [1.29, 1.82) is 0 Å². The lowest BCUT2D eigenvalue weighted by Crippen LogP contribution is -2.25. The van der Waals surface area contributed by atoms with Crippen molar-refractivity contribution in [3.8, 4) is 17.0 Å². The Hall–Kier alpha value is -2.01. The quantitative estimate of drug-likeness (QED) is 0.559. The third-order valence-electron chi connectivity index (χ3n) is 4.07. The van der Waals surface area contributed by atoms with E-state index in [1.807, 2.05) is 12.1 Å². The van der Waals surface area contributed by atoms with Crippen LogP contribution in [0.15, 0.2) is 47.5 Å². The Morgan fingerprint density at radius 2 is 2.04 bits per heavy atom. The second-order valence-electron chi connectivity index (χ2n) is 5.90. The van der Waals surface area contributed by atoms with Gasteiger partial charge in [-0.2, -0.15) is 0 Å². The van der Waals surface area contributed by atoms with Crippen molar-refractivity contribution >= 4 is 17.7 Å². The standard InChI is InChI=1S/C19H21NO3S/c21-18(22)7-3-13-24-16-10-8-14(9-11-16)17-6-2-12-20-19(17)23-15-4-1-5-15/h2,6,8-12,15H,1,3-5,7,13H2,(H,21,22). The van der Waals surface area contributed by atoms with Crippen LogP contribution in [0, 0.1) is 0 Å². The third kappa shape index (κ3) is 4.51. The third-order valence-corrected chi connectivity index (χ3v) is 5.17. The van der Waals surface area contributed by atoms with E-state index in [0.29, 0.717) is 18.4 Å².